The van der Waals surface area contributed by atoms with Gasteiger partial charge in [0.15, 0.2) is 3.95 Å². The third kappa shape index (κ3) is 3.21. The number of benzene rings is 1. The van der Waals surface area contributed by atoms with E-state index in [4.69, 9.17) is 12.2 Å². The predicted octanol–water partition coefficient (Wildman–Crippen LogP) is 5.72. The molecule has 98 valence electrons. The maximum absolute atomic E-state index is 5.25. The summed E-state index contributed by atoms with van der Waals surface area (Å²) in [7, 11) is 0. The lowest BCUT2D eigenvalue weighted by Crippen LogP contribution is -2.03. The maximum Gasteiger partial charge on any atom is 0.159 e. The van der Waals surface area contributed by atoms with Crippen LogP contribution in [-0.4, -0.2) is 4.98 Å². The van der Waals surface area contributed by atoms with E-state index in [1.807, 2.05) is 0 Å². The Morgan fingerprint density at radius 1 is 1.33 bits per heavy atom. The van der Waals surface area contributed by atoms with Gasteiger partial charge in [0.05, 0.1) is 10.2 Å². The average Bonchev–Trinajstić information content (AvgIpc) is 2.75. The average molecular weight is 279 g/mol. The van der Waals surface area contributed by atoms with Crippen LogP contribution in [0.15, 0.2) is 18.2 Å². The lowest BCUT2D eigenvalue weighted by molar-refractivity contribution is 0.450. The normalized spacial score (nSPS) is 13.0. The molecule has 0 saturated carbocycles. The quantitative estimate of drug-likeness (QED) is 0.669. The lowest BCUT2D eigenvalue weighted by Gasteiger charge is -2.14. The molecule has 1 unspecified atom stereocenters. The molecule has 0 saturated heterocycles. The van der Waals surface area contributed by atoms with Gasteiger partial charge in [0.2, 0.25) is 0 Å². The van der Waals surface area contributed by atoms with Gasteiger partial charge >= 0.3 is 0 Å². The number of hydrogen-bond acceptors (Lipinski definition) is 2. The van der Waals surface area contributed by atoms with Crippen LogP contribution in [0.4, 0.5) is 0 Å². The summed E-state index contributed by atoms with van der Waals surface area (Å²) in [5.74, 6) is 0.811. The van der Waals surface area contributed by atoms with Gasteiger partial charge in [-0.25, -0.2) is 0 Å². The summed E-state index contributed by atoms with van der Waals surface area (Å²) in [6, 6.07) is 6.52. The predicted molar refractivity (Wildman–Crippen MR) is 84.0 cm³/mol. The number of fused-ring (bicyclic) bond motifs is 1. The highest BCUT2D eigenvalue weighted by Crippen LogP contribution is 2.27. The molecular weight excluding hydrogens is 258 g/mol. The molecule has 2 aromatic rings. The number of rotatable bonds is 6. The molecule has 18 heavy (non-hydrogen) atoms. The molecule has 0 amide bonds. The molecule has 1 heterocycles. The highest BCUT2D eigenvalue weighted by atomic mass is 32.1. The van der Waals surface area contributed by atoms with Crippen LogP contribution in [0, 0.1) is 9.87 Å². The van der Waals surface area contributed by atoms with Crippen LogP contribution in [-0.2, 0) is 6.42 Å². The molecule has 0 fully saturated rings. The molecule has 1 nitrogen and oxygen atoms in total. The first kappa shape index (κ1) is 13.8. The van der Waals surface area contributed by atoms with Crippen LogP contribution < -0.4 is 0 Å². The van der Waals surface area contributed by atoms with Gasteiger partial charge in [-0.1, -0.05) is 51.7 Å². The van der Waals surface area contributed by atoms with Crippen molar-refractivity contribution in [2.24, 2.45) is 5.92 Å². The van der Waals surface area contributed by atoms with E-state index < -0.39 is 0 Å². The van der Waals surface area contributed by atoms with E-state index in [0.29, 0.717) is 0 Å². The van der Waals surface area contributed by atoms with E-state index in [9.17, 15) is 0 Å². The summed E-state index contributed by atoms with van der Waals surface area (Å²) in [6.45, 7) is 4.57. The Balaban J connectivity index is 2.22. The summed E-state index contributed by atoms with van der Waals surface area (Å²) >= 11 is 6.96. The van der Waals surface area contributed by atoms with Crippen molar-refractivity contribution in [3.05, 3.63) is 27.7 Å². The number of aromatic nitrogens is 1. The molecule has 3 heteroatoms. The summed E-state index contributed by atoms with van der Waals surface area (Å²) in [5.41, 5.74) is 2.67. The van der Waals surface area contributed by atoms with Gasteiger partial charge in [0.1, 0.15) is 0 Å². The molecular formula is C15H21NS2. The van der Waals surface area contributed by atoms with Crippen molar-refractivity contribution >= 4 is 33.8 Å². The Kier molecular flexibility index (Phi) is 4.95. The molecule has 1 aromatic carbocycles. The Bertz CT molecular complexity index is 553. The zero-order valence-electron chi connectivity index (χ0n) is 11.2. The van der Waals surface area contributed by atoms with Gasteiger partial charge < -0.3 is 4.98 Å². The van der Waals surface area contributed by atoms with Gasteiger partial charge in [0, 0.05) is 0 Å². The standard InChI is InChI=1S/C15H21NS2/c1-3-5-7-11(4-2)10-12-8-6-9-13-14(12)18-15(17)16-13/h6,8-9,11H,3-5,7,10H2,1-2H3,(H,16,17). The summed E-state index contributed by atoms with van der Waals surface area (Å²) in [5, 5.41) is 0. The van der Waals surface area contributed by atoms with E-state index >= 15 is 0 Å². The van der Waals surface area contributed by atoms with Crippen LogP contribution in [0.5, 0.6) is 0 Å². The van der Waals surface area contributed by atoms with Crippen molar-refractivity contribution in [3.8, 4) is 0 Å². The molecule has 0 aliphatic carbocycles. The number of aromatic amines is 1. The van der Waals surface area contributed by atoms with Crippen LogP contribution in [0.25, 0.3) is 10.2 Å². The van der Waals surface area contributed by atoms with Crippen molar-refractivity contribution in [3.63, 3.8) is 0 Å². The van der Waals surface area contributed by atoms with Crippen molar-refractivity contribution in [2.75, 3.05) is 0 Å². The molecule has 0 aliphatic rings. The van der Waals surface area contributed by atoms with Gasteiger partial charge in [-0.3, -0.25) is 0 Å². The fourth-order valence-electron chi connectivity index (χ4n) is 2.45. The highest BCUT2D eigenvalue weighted by Gasteiger charge is 2.10. The Morgan fingerprint density at radius 2 is 2.17 bits per heavy atom. The summed E-state index contributed by atoms with van der Waals surface area (Å²) < 4.78 is 2.25. The first-order valence-corrected chi connectivity index (χ1v) is 8.07. The lowest BCUT2D eigenvalue weighted by atomic mass is 9.92. The molecule has 1 atom stereocenters. The van der Waals surface area contributed by atoms with E-state index in [-0.39, 0.29) is 0 Å². The number of nitrogens with one attached hydrogen (secondary N) is 1. The molecule has 0 radical (unpaired) electrons. The fourth-order valence-corrected chi connectivity index (χ4v) is 3.66. The minimum absolute atomic E-state index is 0.811. The topological polar surface area (TPSA) is 15.8 Å². The summed E-state index contributed by atoms with van der Waals surface area (Å²) in [4.78, 5) is 3.27. The van der Waals surface area contributed by atoms with Crippen LogP contribution in [0.3, 0.4) is 0 Å². The number of hydrogen-bond donors (Lipinski definition) is 1. The van der Waals surface area contributed by atoms with Crippen molar-refractivity contribution in [1.29, 1.82) is 0 Å². The van der Waals surface area contributed by atoms with Crippen LogP contribution >= 0.6 is 23.6 Å². The molecule has 1 N–H and O–H groups in total. The minimum Gasteiger partial charge on any atom is -0.337 e. The van der Waals surface area contributed by atoms with Crippen molar-refractivity contribution in [2.45, 2.75) is 46.0 Å². The number of unbranched alkanes of at least 4 members (excludes halogenated alkanes) is 1. The Hall–Kier alpha value is -0.670. The fraction of sp³-hybridized carbons (Fsp3) is 0.533. The smallest absolute Gasteiger partial charge is 0.159 e. The zero-order chi connectivity index (χ0) is 13.0. The summed E-state index contributed by atoms with van der Waals surface area (Å²) in [6.07, 6.45) is 6.45. The van der Waals surface area contributed by atoms with Gasteiger partial charge in [-0.15, -0.1) is 11.3 Å². The van der Waals surface area contributed by atoms with Crippen LogP contribution in [0.2, 0.25) is 0 Å². The third-order valence-electron chi connectivity index (χ3n) is 3.58. The SMILES string of the molecule is CCCCC(CC)Cc1cccc2[nH]c(=S)sc12. The second-order valence-electron chi connectivity index (χ2n) is 4.93. The molecule has 2 rings (SSSR count). The van der Waals surface area contributed by atoms with E-state index in [0.717, 1.165) is 9.87 Å². The van der Waals surface area contributed by atoms with E-state index in [1.54, 1.807) is 11.3 Å². The monoisotopic (exact) mass is 279 g/mol. The Labute approximate surface area is 118 Å². The first-order valence-electron chi connectivity index (χ1n) is 6.85. The first-order chi connectivity index (χ1) is 8.74. The van der Waals surface area contributed by atoms with E-state index in [2.05, 4.69) is 37.0 Å². The van der Waals surface area contributed by atoms with Gasteiger partial charge in [-0.05, 0) is 36.2 Å². The van der Waals surface area contributed by atoms with E-state index in [1.165, 1.54) is 47.9 Å². The second kappa shape index (κ2) is 6.48. The van der Waals surface area contributed by atoms with Gasteiger partial charge in [-0.2, -0.15) is 0 Å². The van der Waals surface area contributed by atoms with Crippen molar-refractivity contribution in [1.82, 2.24) is 4.98 Å². The molecule has 0 bridgehead atoms. The van der Waals surface area contributed by atoms with Gasteiger partial charge in [0.25, 0.3) is 0 Å². The number of thiazole rings is 1. The number of H-pyrrole nitrogens is 1. The highest BCUT2D eigenvalue weighted by molar-refractivity contribution is 7.73. The minimum atomic E-state index is 0.811. The van der Waals surface area contributed by atoms with Crippen molar-refractivity contribution < 1.29 is 0 Å². The molecule has 0 spiro atoms. The zero-order valence-corrected chi connectivity index (χ0v) is 12.8. The Morgan fingerprint density at radius 3 is 2.89 bits per heavy atom. The third-order valence-corrected chi connectivity index (χ3v) is 4.91. The van der Waals surface area contributed by atoms with Crippen LogP contribution in [0.1, 0.15) is 45.1 Å². The second-order valence-corrected chi connectivity index (χ2v) is 6.62. The molecule has 1 aromatic heterocycles. The largest absolute Gasteiger partial charge is 0.337 e. The molecule has 0 aliphatic heterocycles. The maximum atomic E-state index is 5.25.